The number of aryl methyl sites for hydroxylation is 1. The number of benzene rings is 1. The predicted octanol–water partition coefficient (Wildman–Crippen LogP) is 3.06. The molecule has 0 radical (unpaired) electrons. The molecule has 2 aromatic rings. The highest BCUT2D eigenvalue weighted by Gasteiger charge is 2.11. The number of anilines is 1. The SMILES string of the molecule is Cc1cccc(CN(C)c2ccc(F)cc2CC(C)N)n1. The van der Waals surface area contributed by atoms with Gasteiger partial charge in [-0.2, -0.15) is 0 Å². The Kier molecular flexibility index (Phi) is 4.91. The Balaban J connectivity index is 2.23. The van der Waals surface area contributed by atoms with Crippen LogP contribution in [0.3, 0.4) is 0 Å². The second kappa shape index (κ2) is 6.68. The van der Waals surface area contributed by atoms with Gasteiger partial charge in [0.2, 0.25) is 0 Å². The Morgan fingerprint density at radius 3 is 2.71 bits per heavy atom. The third-order valence-corrected chi connectivity index (χ3v) is 3.34. The van der Waals surface area contributed by atoms with E-state index in [9.17, 15) is 4.39 Å². The Bertz CT molecular complexity index is 611. The van der Waals surface area contributed by atoms with Gasteiger partial charge in [0, 0.05) is 24.5 Å². The molecule has 112 valence electrons. The fourth-order valence-electron chi connectivity index (χ4n) is 2.45. The maximum absolute atomic E-state index is 13.5. The topological polar surface area (TPSA) is 42.1 Å². The third kappa shape index (κ3) is 4.26. The Morgan fingerprint density at radius 1 is 1.29 bits per heavy atom. The first-order valence-corrected chi connectivity index (χ1v) is 7.13. The Morgan fingerprint density at radius 2 is 2.05 bits per heavy atom. The van der Waals surface area contributed by atoms with Crippen molar-refractivity contribution >= 4 is 5.69 Å². The van der Waals surface area contributed by atoms with Crippen LogP contribution >= 0.6 is 0 Å². The third-order valence-electron chi connectivity index (χ3n) is 3.34. The summed E-state index contributed by atoms with van der Waals surface area (Å²) in [5, 5.41) is 0. The highest BCUT2D eigenvalue weighted by molar-refractivity contribution is 5.53. The van der Waals surface area contributed by atoms with E-state index in [0.29, 0.717) is 13.0 Å². The standard InChI is InChI=1S/C17H22FN3/c1-12(19)9-14-10-15(18)7-8-17(14)21(3)11-16-6-4-5-13(2)20-16/h4-8,10,12H,9,11,19H2,1-3H3. The number of nitrogens with zero attached hydrogens (tertiary/aromatic N) is 2. The fraction of sp³-hybridized carbons (Fsp3) is 0.353. The fourth-order valence-corrected chi connectivity index (χ4v) is 2.45. The van der Waals surface area contributed by atoms with Gasteiger partial charge in [0.15, 0.2) is 0 Å². The van der Waals surface area contributed by atoms with E-state index in [-0.39, 0.29) is 11.9 Å². The van der Waals surface area contributed by atoms with E-state index in [4.69, 9.17) is 5.73 Å². The molecule has 0 saturated heterocycles. The maximum Gasteiger partial charge on any atom is 0.123 e. The number of rotatable bonds is 5. The van der Waals surface area contributed by atoms with E-state index in [0.717, 1.165) is 22.6 Å². The average molecular weight is 287 g/mol. The zero-order valence-corrected chi connectivity index (χ0v) is 12.8. The quantitative estimate of drug-likeness (QED) is 0.919. The van der Waals surface area contributed by atoms with Crippen LogP contribution in [0.25, 0.3) is 0 Å². The van der Waals surface area contributed by atoms with E-state index in [1.807, 2.05) is 45.2 Å². The summed E-state index contributed by atoms with van der Waals surface area (Å²) in [4.78, 5) is 6.59. The van der Waals surface area contributed by atoms with E-state index in [2.05, 4.69) is 9.88 Å². The first-order valence-electron chi connectivity index (χ1n) is 7.13. The Hall–Kier alpha value is -1.94. The minimum Gasteiger partial charge on any atom is -0.368 e. The summed E-state index contributed by atoms with van der Waals surface area (Å²) in [6.07, 6.45) is 0.651. The number of halogens is 1. The van der Waals surface area contributed by atoms with Crippen LogP contribution in [0.4, 0.5) is 10.1 Å². The zero-order valence-electron chi connectivity index (χ0n) is 12.8. The molecule has 0 aliphatic heterocycles. The van der Waals surface area contributed by atoms with Gasteiger partial charge in [-0.15, -0.1) is 0 Å². The van der Waals surface area contributed by atoms with E-state index in [1.54, 1.807) is 6.07 Å². The van der Waals surface area contributed by atoms with Crippen molar-refractivity contribution in [3.05, 3.63) is 59.2 Å². The number of hydrogen-bond acceptors (Lipinski definition) is 3. The molecule has 1 heterocycles. The molecule has 0 spiro atoms. The Labute approximate surface area is 125 Å². The summed E-state index contributed by atoms with van der Waals surface area (Å²) in [7, 11) is 1.99. The van der Waals surface area contributed by atoms with Gasteiger partial charge < -0.3 is 10.6 Å². The van der Waals surface area contributed by atoms with Crippen LogP contribution in [0.5, 0.6) is 0 Å². The first-order chi connectivity index (χ1) is 9.95. The van der Waals surface area contributed by atoms with Gasteiger partial charge in [-0.1, -0.05) is 6.07 Å². The van der Waals surface area contributed by atoms with Crippen molar-refractivity contribution in [3.63, 3.8) is 0 Å². The number of hydrogen-bond donors (Lipinski definition) is 1. The largest absolute Gasteiger partial charge is 0.368 e. The van der Waals surface area contributed by atoms with Crippen LogP contribution in [0.2, 0.25) is 0 Å². The van der Waals surface area contributed by atoms with Crippen molar-refractivity contribution < 1.29 is 4.39 Å². The number of nitrogens with two attached hydrogens (primary N) is 1. The second-order valence-electron chi connectivity index (χ2n) is 5.58. The number of aromatic nitrogens is 1. The molecule has 0 saturated carbocycles. The van der Waals surface area contributed by atoms with Crippen molar-refractivity contribution in [1.29, 1.82) is 0 Å². The van der Waals surface area contributed by atoms with E-state index in [1.165, 1.54) is 6.07 Å². The molecular formula is C17H22FN3. The van der Waals surface area contributed by atoms with Crippen molar-refractivity contribution in [2.45, 2.75) is 32.9 Å². The van der Waals surface area contributed by atoms with Crippen molar-refractivity contribution in [3.8, 4) is 0 Å². The lowest BCUT2D eigenvalue weighted by molar-refractivity contribution is 0.622. The van der Waals surface area contributed by atoms with Gasteiger partial charge >= 0.3 is 0 Å². The van der Waals surface area contributed by atoms with Crippen molar-refractivity contribution in [2.24, 2.45) is 5.73 Å². The van der Waals surface area contributed by atoms with E-state index < -0.39 is 0 Å². The molecule has 0 fully saturated rings. The molecule has 0 bridgehead atoms. The first kappa shape index (κ1) is 15.4. The van der Waals surface area contributed by atoms with Crippen molar-refractivity contribution in [2.75, 3.05) is 11.9 Å². The monoisotopic (exact) mass is 287 g/mol. The van der Waals surface area contributed by atoms with Crippen LogP contribution in [0, 0.1) is 12.7 Å². The van der Waals surface area contributed by atoms with E-state index >= 15 is 0 Å². The van der Waals surface area contributed by atoms with Gasteiger partial charge in [0.25, 0.3) is 0 Å². The van der Waals surface area contributed by atoms with Crippen molar-refractivity contribution in [1.82, 2.24) is 4.98 Å². The summed E-state index contributed by atoms with van der Waals surface area (Å²) in [5.41, 5.74) is 9.78. The summed E-state index contributed by atoms with van der Waals surface area (Å²) >= 11 is 0. The highest BCUT2D eigenvalue weighted by atomic mass is 19.1. The van der Waals surface area contributed by atoms with Gasteiger partial charge in [-0.25, -0.2) is 4.39 Å². The molecule has 2 N–H and O–H groups in total. The lowest BCUT2D eigenvalue weighted by Crippen LogP contribution is -2.23. The lowest BCUT2D eigenvalue weighted by atomic mass is 10.0. The summed E-state index contributed by atoms with van der Waals surface area (Å²) in [6.45, 7) is 4.58. The molecule has 1 aromatic carbocycles. The predicted molar refractivity (Wildman–Crippen MR) is 84.8 cm³/mol. The summed E-state index contributed by atoms with van der Waals surface area (Å²) in [6, 6.07) is 10.8. The normalized spacial score (nSPS) is 12.2. The second-order valence-corrected chi connectivity index (χ2v) is 5.58. The summed E-state index contributed by atoms with van der Waals surface area (Å²) < 4.78 is 13.5. The minimum atomic E-state index is -0.225. The van der Waals surface area contributed by atoms with Gasteiger partial charge in [0.1, 0.15) is 5.82 Å². The highest BCUT2D eigenvalue weighted by Crippen LogP contribution is 2.23. The molecule has 2 rings (SSSR count). The lowest BCUT2D eigenvalue weighted by Gasteiger charge is -2.23. The van der Waals surface area contributed by atoms with Crippen LogP contribution < -0.4 is 10.6 Å². The van der Waals surface area contributed by atoms with Gasteiger partial charge in [-0.05, 0) is 56.2 Å². The molecule has 0 amide bonds. The number of pyridine rings is 1. The molecular weight excluding hydrogens is 265 g/mol. The molecule has 0 aliphatic carbocycles. The smallest absolute Gasteiger partial charge is 0.123 e. The molecule has 4 heteroatoms. The average Bonchev–Trinajstić information content (AvgIpc) is 2.37. The van der Waals surface area contributed by atoms with Crippen LogP contribution in [-0.4, -0.2) is 18.1 Å². The molecule has 1 unspecified atom stereocenters. The molecule has 1 aromatic heterocycles. The molecule has 21 heavy (non-hydrogen) atoms. The minimum absolute atomic E-state index is 0.00366. The van der Waals surface area contributed by atoms with Gasteiger partial charge in [-0.3, -0.25) is 4.98 Å². The van der Waals surface area contributed by atoms with Crippen LogP contribution in [-0.2, 0) is 13.0 Å². The molecule has 0 aliphatic rings. The molecule has 3 nitrogen and oxygen atoms in total. The van der Waals surface area contributed by atoms with Crippen LogP contribution in [0.1, 0.15) is 23.9 Å². The molecule has 1 atom stereocenters. The zero-order chi connectivity index (χ0) is 15.4. The van der Waals surface area contributed by atoms with Gasteiger partial charge in [0.05, 0.1) is 12.2 Å². The summed E-state index contributed by atoms with van der Waals surface area (Å²) in [5.74, 6) is -0.225. The van der Waals surface area contributed by atoms with Crippen LogP contribution in [0.15, 0.2) is 36.4 Å². The maximum atomic E-state index is 13.5.